The van der Waals surface area contributed by atoms with E-state index in [2.05, 4.69) is 72.8 Å². The first kappa shape index (κ1) is 94.5. The number of allylic oxidation sites excluding steroid dienone is 4. The van der Waals surface area contributed by atoms with E-state index in [0.717, 1.165) is 115 Å². The van der Waals surface area contributed by atoms with Crippen molar-refractivity contribution < 1.29 is 80.2 Å². The number of phosphoric acid groups is 2. The van der Waals surface area contributed by atoms with Crippen molar-refractivity contribution >= 4 is 39.5 Å². The molecule has 0 bridgehead atoms. The molecule has 3 N–H and O–H groups in total. The van der Waals surface area contributed by atoms with Crippen LogP contribution in [0, 0.1) is 17.8 Å². The van der Waals surface area contributed by atoms with Crippen LogP contribution in [0.1, 0.15) is 376 Å². The Bertz CT molecular complexity index is 1980. The van der Waals surface area contributed by atoms with Gasteiger partial charge in [0.05, 0.1) is 26.4 Å². The third-order valence-electron chi connectivity index (χ3n) is 17.5. The van der Waals surface area contributed by atoms with E-state index in [-0.39, 0.29) is 25.7 Å². The van der Waals surface area contributed by atoms with Crippen molar-refractivity contribution in [2.24, 2.45) is 17.8 Å². The minimum Gasteiger partial charge on any atom is -0.462 e. The highest BCUT2D eigenvalue weighted by atomic mass is 31.2. The number of aliphatic hydroxyl groups excluding tert-OH is 1. The summed E-state index contributed by atoms with van der Waals surface area (Å²) in [6, 6.07) is 0. The van der Waals surface area contributed by atoms with E-state index in [9.17, 15) is 43.2 Å². The van der Waals surface area contributed by atoms with Crippen LogP contribution in [-0.2, 0) is 65.4 Å². The van der Waals surface area contributed by atoms with Crippen LogP contribution in [0.5, 0.6) is 0 Å². The Labute approximate surface area is 592 Å². The lowest BCUT2D eigenvalue weighted by molar-refractivity contribution is -0.161. The number of esters is 4. The van der Waals surface area contributed by atoms with Gasteiger partial charge in [0.25, 0.3) is 0 Å². The fraction of sp³-hybridized carbons (Fsp3) is 0.897. The molecule has 0 radical (unpaired) electrons. The molecule has 0 aromatic rings. The lowest BCUT2D eigenvalue weighted by Gasteiger charge is -2.21. The smallest absolute Gasteiger partial charge is 0.462 e. The number of hydrogen-bond acceptors (Lipinski definition) is 15. The first-order valence-corrected chi connectivity index (χ1v) is 42.7. The number of aliphatic hydroxyl groups is 1. The summed E-state index contributed by atoms with van der Waals surface area (Å²) in [4.78, 5) is 72.8. The van der Waals surface area contributed by atoms with Gasteiger partial charge in [-0.25, -0.2) is 9.13 Å². The molecule has 0 saturated heterocycles. The van der Waals surface area contributed by atoms with Gasteiger partial charge in [0.2, 0.25) is 0 Å². The zero-order chi connectivity index (χ0) is 71.6. The molecule has 17 nitrogen and oxygen atoms in total. The predicted octanol–water partition coefficient (Wildman–Crippen LogP) is 22.5. The molecule has 0 aliphatic heterocycles. The number of hydrogen-bond donors (Lipinski definition) is 3. The van der Waals surface area contributed by atoms with Gasteiger partial charge in [-0.3, -0.25) is 37.3 Å². The van der Waals surface area contributed by atoms with Gasteiger partial charge in [-0.2, -0.15) is 0 Å². The number of rotatable bonds is 74. The van der Waals surface area contributed by atoms with Crippen LogP contribution < -0.4 is 0 Å². The highest BCUT2D eigenvalue weighted by molar-refractivity contribution is 7.47. The second-order valence-electron chi connectivity index (χ2n) is 28.8. The fourth-order valence-electron chi connectivity index (χ4n) is 11.4. The highest BCUT2D eigenvalue weighted by Crippen LogP contribution is 2.45. The Morgan fingerprint density at radius 2 is 0.557 bits per heavy atom. The summed E-state index contributed by atoms with van der Waals surface area (Å²) >= 11 is 0. The van der Waals surface area contributed by atoms with Crippen LogP contribution in [0.4, 0.5) is 0 Å². The average molecular weight is 1420 g/mol. The van der Waals surface area contributed by atoms with Crippen molar-refractivity contribution in [3.63, 3.8) is 0 Å². The maximum atomic E-state index is 13.1. The normalized spacial score (nSPS) is 14.2. The van der Waals surface area contributed by atoms with E-state index in [0.29, 0.717) is 37.5 Å². The molecule has 97 heavy (non-hydrogen) atoms. The average Bonchev–Trinajstić information content (AvgIpc) is 1.44. The third kappa shape index (κ3) is 71.7. The van der Waals surface area contributed by atoms with E-state index in [1.165, 1.54) is 167 Å². The maximum absolute atomic E-state index is 13.1. The van der Waals surface area contributed by atoms with Crippen LogP contribution in [0.2, 0.25) is 0 Å². The monoisotopic (exact) mass is 1420 g/mol. The lowest BCUT2D eigenvalue weighted by Crippen LogP contribution is -2.30. The van der Waals surface area contributed by atoms with E-state index in [1.54, 1.807) is 0 Å². The predicted molar refractivity (Wildman–Crippen MR) is 395 cm³/mol. The van der Waals surface area contributed by atoms with Gasteiger partial charge in [-0.05, 0) is 69.1 Å². The van der Waals surface area contributed by atoms with Gasteiger partial charge in [0.1, 0.15) is 19.3 Å². The first-order chi connectivity index (χ1) is 46.7. The molecule has 5 atom stereocenters. The van der Waals surface area contributed by atoms with Crippen LogP contribution in [0.25, 0.3) is 0 Å². The summed E-state index contributed by atoms with van der Waals surface area (Å²) in [5.74, 6) is 0.0917. The summed E-state index contributed by atoms with van der Waals surface area (Å²) in [5, 5.41) is 10.6. The molecule has 0 rings (SSSR count). The van der Waals surface area contributed by atoms with Crippen molar-refractivity contribution in [2.75, 3.05) is 39.6 Å². The molecular formula is C78H148O17P2. The van der Waals surface area contributed by atoms with Crippen molar-refractivity contribution in [3.8, 4) is 0 Å². The summed E-state index contributed by atoms with van der Waals surface area (Å²) in [6.45, 7) is 11.8. The van der Waals surface area contributed by atoms with Crippen molar-refractivity contribution in [3.05, 3.63) is 24.3 Å². The van der Waals surface area contributed by atoms with Crippen LogP contribution >= 0.6 is 15.6 Å². The zero-order valence-corrected chi connectivity index (χ0v) is 64.8. The number of carbonyl (C=O) groups is 4. The number of carbonyl (C=O) groups excluding carboxylic acids is 4. The van der Waals surface area contributed by atoms with Crippen molar-refractivity contribution in [2.45, 2.75) is 394 Å². The van der Waals surface area contributed by atoms with Gasteiger partial charge >= 0.3 is 39.5 Å². The van der Waals surface area contributed by atoms with Crippen molar-refractivity contribution in [1.82, 2.24) is 0 Å². The zero-order valence-electron chi connectivity index (χ0n) is 63.0. The second-order valence-corrected chi connectivity index (χ2v) is 31.7. The third-order valence-corrected chi connectivity index (χ3v) is 19.4. The molecule has 0 heterocycles. The SMILES string of the molecule is CCCCCC/C=C\C=C/CCCCCCCC(=O)O[C@H](COC(=O)CCCCCCCCCCCCCCCCCCCCC(C)C)COP(=O)(O)OCC(O)COP(=O)(O)OC[C@@H](COC(=O)CCCCCCCCCC(C)C)OC(=O)CCCCCCCCCCC(C)C. The largest absolute Gasteiger partial charge is 0.472 e. The van der Waals surface area contributed by atoms with Crippen LogP contribution in [0.3, 0.4) is 0 Å². The Morgan fingerprint density at radius 1 is 0.320 bits per heavy atom. The number of unbranched alkanes of at least 4 members (excludes halogenated alkanes) is 39. The number of ether oxygens (including phenoxy) is 4. The molecule has 0 aromatic heterocycles. The van der Waals surface area contributed by atoms with Gasteiger partial charge in [-0.1, -0.05) is 323 Å². The standard InChI is InChI=1S/C78H148O17P2/c1-8-9-10-11-12-13-14-15-20-25-28-31-39-47-54-61-77(82)94-73(65-88-75(80)59-52-45-38-30-27-24-22-19-17-16-18-21-23-26-29-35-42-49-56-69(2)3)67-92-96(84,85)90-63-72(79)64-91-97(86,87)93-68-74(66-89-76(81)60-53-46-41-34-37-44-51-58-71(6)7)95-78(83)62-55-48-40-33-32-36-43-50-57-70(4)5/h13-15,20,69-74,79H,8-12,16-19,21-68H2,1-7H3,(H,84,85)(H,86,87)/b14-13-,20-15-/t72?,73-,74-/m1/s1. The van der Waals surface area contributed by atoms with Gasteiger partial charge in [-0.15, -0.1) is 0 Å². The Balaban J connectivity index is 5.22. The molecular weight excluding hydrogens is 1270 g/mol. The molecule has 0 aliphatic carbocycles. The fourth-order valence-corrected chi connectivity index (χ4v) is 13.0. The lowest BCUT2D eigenvalue weighted by atomic mass is 10.0. The minimum absolute atomic E-state index is 0.0851. The summed E-state index contributed by atoms with van der Waals surface area (Å²) < 4.78 is 68.5. The van der Waals surface area contributed by atoms with Crippen LogP contribution in [0.15, 0.2) is 24.3 Å². The van der Waals surface area contributed by atoms with E-state index in [1.807, 2.05) is 0 Å². The molecule has 0 saturated carbocycles. The topological polar surface area (TPSA) is 237 Å². The van der Waals surface area contributed by atoms with E-state index in [4.69, 9.17) is 37.0 Å². The Kier molecular flexibility index (Phi) is 66.3. The summed E-state index contributed by atoms with van der Waals surface area (Å²) in [6.07, 6.45) is 58.0. The molecule has 0 spiro atoms. The molecule has 0 aromatic carbocycles. The summed E-state index contributed by atoms with van der Waals surface area (Å²) in [7, 11) is -9.93. The molecule has 3 unspecified atom stereocenters. The van der Waals surface area contributed by atoms with Crippen LogP contribution in [-0.4, -0.2) is 96.7 Å². The minimum atomic E-state index is -4.97. The Morgan fingerprint density at radius 3 is 0.835 bits per heavy atom. The summed E-state index contributed by atoms with van der Waals surface area (Å²) in [5.41, 5.74) is 0. The van der Waals surface area contributed by atoms with E-state index >= 15 is 0 Å². The quantitative estimate of drug-likeness (QED) is 0.0169. The maximum Gasteiger partial charge on any atom is 0.472 e. The molecule has 0 aliphatic rings. The second kappa shape index (κ2) is 68.0. The molecule has 572 valence electrons. The first-order valence-electron chi connectivity index (χ1n) is 39.7. The van der Waals surface area contributed by atoms with Crippen molar-refractivity contribution in [1.29, 1.82) is 0 Å². The van der Waals surface area contributed by atoms with E-state index < -0.39 is 97.5 Å². The molecule has 0 amide bonds. The molecule has 19 heteroatoms. The Hall–Kier alpha value is -2.46. The van der Waals surface area contributed by atoms with Gasteiger partial charge in [0.15, 0.2) is 12.2 Å². The highest BCUT2D eigenvalue weighted by Gasteiger charge is 2.30. The molecule has 0 fully saturated rings. The van der Waals surface area contributed by atoms with Gasteiger partial charge in [0, 0.05) is 25.7 Å². The van der Waals surface area contributed by atoms with Gasteiger partial charge < -0.3 is 33.8 Å². The number of phosphoric ester groups is 2.